The maximum atomic E-state index is 13.5. The molecule has 0 atom stereocenters. The zero-order chi connectivity index (χ0) is 20.6. The zero-order valence-electron chi connectivity index (χ0n) is 14.9. The van der Waals surface area contributed by atoms with Crippen LogP contribution in [-0.2, 0) is 6.18 Å². The van der Waals surface area contributed by atoms with Gasteiger partial charge in [-0.15, -0.1) is 0 Å². The molecule has 0 fully saturated rings. The molecule has 4 aromatic rings. The highest BCUT2D eigenvalue weighted by Gasteiger charge is 2.33. The van der Waals surface area contributed by atoms with Gasteiger partial charge in [-0.2, -0.15) is 13.2 Å². The van der Waals surface area contributed by atoms with Gasteiger partial charge in [-0.3, -0.25) is 9.78 Å². The number of phenolic OH excluding ortho intramolecular Hbond substituents is 1. The van der Waals surface area contributed by atoms with Gasteiger partial charge < -0.3 is 5.11 Å². The smallest absolute Gasteiger partial charge is 0.418 e. The quantitative estimate of drug-likeness (QED) is 0.428. The average molecular weight is 393 g/mol. The van der Waals surface area contributed by atoms with Crippen LogP contribution in [0.25, 0.3) is 33.2 Å². The summed E-state index contributed by atoms with van der Waals surface area (Å²) in [6.07, 6.45) is -2.53. The van der Waals surface area contributed by atoms with Gasteiger partial charge in [-0.25, -0.2) is 0 Å². The molecule has 144 valence electrons. The van der Waals surface area contributed by atoms with Crippen LogP contribution in [-0.4, -0.2) is 16.4 Å². The lowest BCUT2D eigenvalue weighted by molar-refractivity contribution is -0.136. The molecule has 6 heteroatoms. The van der Waals surface area contributed by atoms with E-state index in [0.29, 0.717) is 34.1 Å². The van der Waals surface area contributed by atoms with Gasteiger partial charge in [0, 0.05) is 28.3 Å². The molecule has 3 aromatic carbocycles. The summed E-state index contributed by atoms with van der Waals surface area (Å²) in [5, 5.41) is 10.2. The Morgan fingerprint density at radius 2 is 1.66 bits per heavy atom. The molecule has 1 aromatic heterocycles. The molecule has 0 spiro atoms. The fourth-order valence-corrected chi connectivity index (χ4v) is 3.47. The second kappa shape index (κ2) is 7.05. The number of alkyl halides is 3. The first-order valence-corrected chi connectivity index (χ1v) is 8.73. The van der Waals surface area contributed by atoms with Crippen LogP contribution in [0.2, 0.25) is 0 Å². The molecule has 1 N–H and O–H groups in total. The molecule has 3 nitrogen and oxygen atoms in total. The summed E-state index contributed by atoms with van der Waals surface area (Å²) in [5.41, 5.74) is 1.40. The van der Waals surface area contributed by atoms with Crippen LogP contribution in [0.3, 0.4) is 0 Å². The largest absolute Gasteiger partial charge is 0.508 e. The SMILES string of the molecule is O=Cc1ccccc1-c1cnc2c(C(F)(F)F)cccc2c1-c1cccc(O)c1. The van der Waals surface area contributed by atoms with Crippen LogP contribution in [0.15, 0.2) is 72.9 Å². The highest BCUT2D eigenvalue weighted by atomic mass is 19.4. The predicted octanol–water partition coefficient (Wildman–Crippen LogP) is 6.11. The van der Waals surface area contributed by atoms with E-state index < -0.39 is 11.7 Å². The van der Waals surface area contributed by atoms with Crippen molar-refractivity contribution in [1.82, 2.24) is 4.98 Å². The summed E-state index contributed by atoms with van der Waals surface area (Å²) >= 11 is 0. The van der Waals surface area contributed by atoms with Gasteiger partial charge in [0.1, 0.15) is 5.75 Å². The Balaban J connectivity index is 2.15. The number of para-hydroxylation sites is 1. The van der Waals surface area contributed by atoms with Crippen LogP contribution in [0.1, 0.15) is 15.9 Å². The summed E-state index contributed by atoms with van der Waals surface area (Å²) < 4.78 is 40.6. The average Bonchev–Trinajstić information content (AvgIpc) is 2.71. The van der Waals surface area contributed by atoms with E-state index in [1.165, 1.54) is 24.4 Å². The summed E-state index contributed by atoms with van der Waals surface area (Å²) in [7, 11) is 0. The first-order valence-electron chi connectivity index (χ1n) is 8.73. The van der Waals surface area contributed by atoms with E-state index in [1.807, 2.05) is 0 Å². The number of phenols is 1. The number of hydrogen-bond acceptors (Lipinski definition) is 3. The molecule has 0 aliphatic carbocycles. The Labute approximate surface area is 164 Å². The second-order valence-corrected chi connectivity index (χ2v) is 6.50. The number of aldehydes is 1. The maximum absolute atomic E-state index is 13.5. The number of aromatic hydroxyl groups is 1. The van der Waals surface area contributed by atoms with Crippen LogP contribution >= 0.6 is 0 Å². The lowest BCUT2D eigenvalue weighted by Crippen LogP contribution is -2.07. The van der Waals surface area contributed by atoms with Crippen molar-refractivity contribution in [3.63, 3.8) is 0 Å². The summed E-state index contributed by atoms with van der Waals surface area (Å²) in [6.45, 7) is 0. The van der Waals surface area contributed by atoms with Gasteiger partial charge in [-0.05, 0) is 29.3 Å². The number of carbonyl (C=O) groups is 1. The van der Waals surface area contributed by atoms with E-state index in [-0.39, 0.29) is 16.7 Å². The second-order valence-electron chi connectivity index (χ2n) is 6.50. The lowest BCUT2D eigenvalue weighted by Gasteiger charge is -2.17. The minimum Gasteiger partial charge on any atom is -0.508 e. The van der Waals surface area contributed by atoms with E-state index in [9.17, 15) is 23.1 Å². The third-order valence-corrected chi connectivity index (χ3v) is 4.72. The zero-order valence-corrected chi connectivity index (χ0v) is 14.9. The van der Waals surface area contributed by atoms with Gasteiger partial charge in [0.05, 0.1) is 11.1 Å². The monoisotopic (exact) mass is 393 g/mol. The van der Waals surface area contributed by atoms with Gasteiger partial charge in [-0.1, -0.05) is 48.5 Å². The lowest BCUT2D eigenvalue weighted by atomic mass is 9.90. The van der Waals surface area contributed by atoms with Crippen molar-refractivity contribution in [3.8, 4) is 28.0 Å². The van der Waals surface area contributed by atoms with Crippen LogP contribution in [0.4, 0.5) is 13.2 Å². The van der Waals surface area contributed by atoms with Crippen molar-refractivity contribution in [3.05, 3.63) is 84.1 Å². The molecule has 29 heavy (non-hydrogen) atoms. The molecule has 0 radical (unpaired) electrons. The van der Waals surface area contributed by atoms with E-state index >= 15 is 0 Å². The Hall–Kier alpha value is -3.67. The number of benzene rings is 3. The maximum Gasteiger partial charge on any atom is 0.418 e. The van der Waals surface area contributed by atoms with Gasteiger partial charge in [0.15, 0.2) is 6.29 Å². The molecule has 0 saturated heterocycles. The number of hydrogen-bond donors (Lipinski definition) is 1. The Bertz CT molecular complexity index is 1230. The Kier molecular flexibility index (Phi) is 4.54. The van der Waals surface area contributed by atoms with Crippen LogP contribution < -0.4 is 0 Å². The number of nitrogens with zero attached hydrogens (tertiary/aromatic N) is 1. The number of aromatic nitrogens is 1. The normalized spacial score (nSPS) is 11.6. The van der Waals surface area contributed by atoms with Crippen molar-refractivity contribution < 1.29 is 23.1 Å². The third kappa shape index (κ3) is 3.33. The van der Waals surface area contributed by atoms with E-state index in [2.05, 4.69) is 4.98 Å². The van der Waals surface area contributed by atoms with Gasteiger partial charge >= 0.3 is 6.18 Å². The summed E-state index contributed by atoms with van der Waals surface area (Å²) in [4.78, 5) is 15.7. The summed E-state index contributed by atoms with van der Waals surface area (Å²) in [5.74, 6) is -0.0194. The van der Waals surface area contributed by atoms with Gasteiger partial charge in [0.25, 0.3) is 0 Å². The predicted molar refractivity (Wildman–Crippen MR) is 105 cm³/mol. The molecular formula is C23H14F3NO2. The molecule has 0 saturated carbocycles. The van der Waals surface area contributed by atoms with E-state index in [4.69, 9.17) is 0 Å². The van der Waals surface area contributed by atoms with Crippen molar-refractivity contribution >= 4 is 17.2 Å². The number of rotatable bonds is 3. The van der Waals surface area contributed by atoms with Crippen LogP contribution in [0, 0.1) is 0 Å². The van der Waals surface area contributed by atoms with Crippen LogP contribution in [0.5, 0.6) is 5.75 Å². The molecular weight excluding hydrogens is 379 g/mol. The number of fused-ring (bicyclic) bond motifs is 1. The molecule has 0 aliphatic heterocycles. The first-order chi connectivity index (χ1) is 13.9. The van der Waals surface area contributed by atoms with Crippen molar-refractivity contribution in [2.75, 3.05) is 0 Å². The number of pyridine rings is 1. The van der Waals surface area contributed by atoms with E-state index in [1.54, 1.807) is 42.5 Å². The molecule has 1 heterocycles. The molecule has 0 bridgehead atoms. The fraction of sp³-hybridized carbons (Fsp3) is 0.0435. The Morgan fingerprint density at radius 1 is 0.897 bits per heavy atom. The molecule has 4 rings (SSSR count). The highest BCUT2D eigenvalue weighted by molar-refractivity contribution is 6.05. The third-order valence-electron chi connectivity index (χ3n) is 4.72. The van der Waals surface area contributed by atoms with Crippen molar-refractivity contribution in [2.45, 2.75) is 6.18 Å². The minimum absolute atomic E-state index is 0.0194. The van der Waals surface area contributed by atoms with Crippen molar-refractivity contribution in [2.24, 2.45) is 0 Å². The molecule has 0 amide bonds. The van der Waals surface area contributed by atoms with Crippen molar-refractivity contribution in [1.29, 1.82) is 0 Å². The minimum atomic E-state index is -4.56. The first kappa shape index (κ1) is 18.7. The topological polar surface area (TPSA) is 50.2 Å². The molecule has 0 aliphatic rings. The van der Waals surface area contributed by atoms with Gasteiger partial charge in [0.2, 0.25) is 0 Å². The Morgan fingerprint density at radius 3 is 2.38 bits per heavy atom. The fourth-order valence-electron chi connectivity index (χ4n) is 3.47. The number of halogens is 3. The summed E-state index contributed by atoms with van der Waals surface area (Å²) in [6, 6.07) is 16.9. The highest BCUT2D eigenvalue weighted by Crippen LogP contribution is 2.42. The standard InChI is InChI=1S/C23H14F3NO2/c24-23(25,26)20-10-4-9-18-21(14-6-3-7-16(29)11-14)19(12-27-22(18)20)17-8-2-1-5-15(17)13-28/h1-13,29H. The van der Waals surface area contributed by atoms with E-state index in [0.717, 1.165) is 6.07 Å². The molecule has 0 unspecified atom stereocenters. The number of carbonyl (C=O) groups excluding carboxylic acids is 1.